The van der Waals surface area contributed by atoms with Crippen LogP contribution in [0.3, 0.4) is 0 Å². The van der Waals surface area contributed by atoms with Crippen molar-refractivity contribution in [1.29, 1.82) is 0 Å². The third-order valence-corrected chi connectivity index (χ3v) is 8.26. The number of fused-ring (bicyclic) bond motifs is 1. The van der Waals surface area contributed by atoms with Crippen LogP contribution in [0.15, 0.2) is 29.2 Å². The van der Waals surface area contributed by atoms with Crippen molar-refractivity contribution in [3.05, 3.63) is 29.8 Å². The number of halogens is 3. The van der Waals surface area contributed by atoms with Gasteiger partial charge in [-0.3, -0.25) is 4.79 Å². The Balaban J connectivity index is 1.78. The van der Waals surface area contributed by atoms with Gasteiger partial charge in [-0.15, -0.1) is 0 Å². The molecule has 30 heavy (non-hydrogen) atoms. The third-order valence-electron chi connectivity index (χ3n) is 6.43. The van der Waals surface area contributed by atoms with E-state index < -0.39 is 27.8 Å². The Bertz CT molecular complexity index is 904. The standard InChI is InChI=1S/C20H28F3N3O3S/c1-12(2)18(24)19(27)25(3)17-8-7-13-10-26(11-16(13)17)30(28,29)15-6-4-5-14(9-15)20(21,22)23/h4-6,9,12-13,16-18H,7-8,10-11,24H2,1-3H3/t13-,16+,17+,18-/m0/s1. The summed E-state index contributed by atoms with van der Waals surface area (Å²) in [7, 11) is -2.36. The molecule has 6 nitrogen and oxygen atoms in total. The van der Waals surface area contributed by atoms with Gasteiger partial charge in [-0.2, -0.15) is 17.5 Å². The summed E-state index contributed by atoms with van der Waals surface area (Å²) >= 11 is 0. The minimum absolute atomic E-state index is 0.0153. The van der Waals surface area contributed by atoms with E-state index >= 15 is 0 Å². The first-order valence-electron chi connectivity index (χ1n) is 10.0. The predicted molar refractivity (Wildman–Crippen MR) is 106 cm³/mol. The third kappa shape index (κ3) is 4.22. The highest BCUT2D eigenvalue weighted by molar-refractivity contribution is 7.89. The molecule has 0 spiro atoms. The summed E-state index contributed by atoms with van der Waals surface area (Å²) in [6.45, 7) is 4.17. The lowest BCUT2D eigenvalue weighted by atomic mass is 9.96. The number of amides is 1. The molecule has 0 radical (unpaired) electrons. The van der Waals surface area contributed by atoms with E-state index in [-0.39, 0.29) is 47.7 Å². The Kier molecular flexibility index (Phi) is 6.23. The predicted octanol–water partition coefficient (Wildman–Crippen LogP) is 2.55. The zero-order valence-electron chi connectivity index (χ0n) is 17.3. The molecule has 0 unspecified atom stereocenters. The maximum atomic E-state index is 13.0. The summed E-state index contributed by atoms with van der Waals surface area (Å²) < 4.78 is 66.3. The van der Waals surface area contributed by atoms with Gasteiger partial charge in [0, 0.05) is 26.2 Å². The minimum atomic E-state index is -4.61. The summed E-state index contributed by atoms with van der Waals surface area (Å²) in [5, 5.41) is 0. The van der Waals surface area contributed by atoms with Gasteiger partial charge in [0.25, 0.3) is 0 Å². The van der Waals surface area contributed by atoms with Crippen LogP contribution in [0.5, 0.6) is 0 Å². The first-order chi connectivity index (χ1) is 13.8. The molecule has 1 aromatic rings. The lowest BCUT2D eigenvalue weighted by Crippen LogP contribution is -2.50. The Morgan fingerprint density at radius 1 is 1.23 bits per heavy atom. The molecule has 2 fully saturated rings. The Hall–Kier alpha value is -1.65. The fourth-order valence-electron chi connectivity index (χ4n) is 4.54. The van der Waals surface area contributed by atoms with Crippen LogP contribution in [0.2, 0.25) is 0 Å². The molecule has 1 aliphatic heterocycles. The number of benzene rings is 1. The highest BCUT2D eigenvalue weighted by atomic mass is 32.2. The van der Waals surface area contributed by atoms with Crippen molar-refractivity contribution in [2.45, 2.75) is 49.8 Å². The summed E-state index contributed by atoms with van der Waals surface area (Å²) in [4.78, 5) is 13.9. The van der Waals surface area contributed by atoms with Gasteiger partial charge in [-0.25, -0.2) is 8.42 Å². The molecular formula is C20H28F3N3O3S. The van der Waals surface area contributed by atoms with E-state index in [2.05, 4.69) is 0 Å². The smallest absolute Gasteiger partial charge is 0.341 e. The molecule has 0 aromatic heterocycles. The van der Waals surface area contributed by atoms with Gasteiger partial charge in [-0.05, 0) is 48.8 Å². The van der Waals surface area contributed by atoms with Crippen molar-refractivity contribution >= 4 is 15.9 Å². The number of hydrogen-bond donors (Lipinski definition) is 1. The van der Waals surface area contributed by atoms with Gasteiger partial charge in [0.1, 0.15) is 0 Å². The molecule has 1 saturated heterocycles. The second kappa shape index (κ2) is 8.12. The van der Waals surface area contributed by atoms with E-state index in [0.29, 0.717) is 6.07 Å². The van der Waals surface area contributed by atoms with Gasteiger partial charge in [0.2, 0.25) is 15.9 Å². The van der Waals surface area contributed by atoms with Crippen molar-refractivity contribution in [3.8, 4) is 0 Å². The molecule has 4 atom stereocenters. The van der Waals surface area contributed by atoms with E-state index in [1.807, 2.05) is 13.8 Å². The zero-order chi connectivity index (χ0) is 22.4. The monoisotopic (exact) mass is 447 g/mol. The molecule has 1 aromatic carbocycles. The number of carbonyl (C=O) groups is 1. The van der Waals surface area contributed by atoms with Gasteiger partial charge in [0.15, 0.2) is 0 Å². The van der Waals surface area contributed by atoms with Crippen LogP contribution in [0.1, 0.15) is 32.3 Å². The Morgan fingerprint density at radius 2 is 1.90 bits per heavy atom. The van der Waals surface area contributed by atoms with Crippen LogP contribution in [0, 0.1) is 17.8 Å². The quantitative estimate of drug-likeness (QED) is 0.752. The summed E-state index contributed by atoms with van der Waals surface area (Å²) in [6, 6.07) is 3.07. The maximum absolute atomic E-state index is 13.0. The van der Waals surface area contributed by atoms with Gasteiger partial charge in [0.05, 0.1) is 16.5 Å². The summed E-state index contributed by atoms with van der Waals surface area (Å²) in [5.41, 5.74) is 5.01. The first kappa shape index (κ1) is 23.0. The fourth-order valence-corrected chi connectivity index (χ4v) is 6.12. The second-order valence-corrected chi connectivity index (χ2v) is 10.6. The van der Waals surface area contributed by atoms with Crippen molar-refractivity contribution in [1.82, 2.24) is 9.21 Å². The largest absolute Gasteiger partial charge is 0.416 e. The molecule has 168 valence electrons. The normalized spacial score (nSPS) is 26.1. The van der Waals surface area contributed by atoms with E-state index in [1.54, 1.807) is 11.9 Å². The zero-order valence-corrected chi connectivity index (χ0v) is 18.1. The van der Waals surface area contributed by atoms with Gasteiger partial charge in [-0.1, -0.05) is 19.9 Å². The molecule has 0 bridgehead atoms. The second-order valence-electron chi connectivity index (χ2n) is 8.64. The minimum Gasteiger partial charge on any atom is -0.341 e. The van der Waals surface area contributed by atoms with Crippen LogP contribution in [0.4, 0.5) is 13.2 Å². The maximum Gasteiger partial charge on any atom is 0.416 e. The average molecular weight is 448 g/mol. The van der Waals surface area contributed by atoms with Crippen molar-refractivity contribution in [2.24, 2.45) is 23.5 Å². The average Bonchev–Trinajstić information content (AvgIpc) is 3.26. The molecule has 1 amide bonds. The highest BCUT2D eigenvalue weighted by Gasteiger charge is 2.48. The molecule has 10 heteroatoms. The number of carbonyl (C=O) groups excluding carboxylic acids is 1. The van der Waals surface area contributed by atoms with E-state index in [4.69, 9.17) is 5.73 Å². The van der Waals surface area contributed by atoms with Gasteiger partial charge >= 0.3 is 6.18 Å². The number of nitrogens with two attached hydrogens (primary N) is 1. The van der Waals surface area contributed by atoms with Crippen molar-refractivity contribution < 1.29 is 26.4 Å². The number of nitrogens with zero attached hydrogens (tertiary/aromatic N) is 2. The summed E-state index contributed by atoms with van der Waals surface area (Å²) in [6.07, 6.45) is -3.09. The van der Waals surface area contributed by atoms with Crippen LogP contribution in [0.25, 0.3) is 0 Å². The highest BCUT2D eigenvalue weighted by Crippen LogP contribution is 2.42. The Labute approximate surface area is 175 Å². The SMILES string of the molecule is CC(C)[C@H](N)C(=O)N(C)[C@@H]1CC[C@H]2CN(S(=O)(=O)c3cccc(C(F)(F)F)c3)C[C@H]21. The van der Waals surface area contributed by atoms with Crippen LogP contribution >= 0.6 is 0 Å². The first-order valence-corrected chi connectivity index (χ1v) is 11.5. The van der Waals surface area contributed by atoms with Crippen LogP contribution in [-0.4, -0.2) is 55.8 Å². The number of rotatable bonds is 5. The number of sulfonamides is 1. The molecule has 2 aliphatic rings. The van der Waals surface area contributed by atoms with E-state index in [9.17, 15) is 26.4 Å². The van der Waals surface area contributed by atoms with Crippen molar-refractivity contribution in [2.75, 3.05) is 20.1 Å². The van der Waals surface area contributed by atoms with Crippen LogP contribution in [-0.2, 0) is 21.0 Å². The molecule has 3 rings (SSSR count). The molecule has 1 saturated carbocycles. The van der Waals surface area contributed by atoms with E-state index in [1.165, 1.54) is 10.4 Å². The molecule has 1 aliphatic carbocycles. The van der Waals surface area contributed by atoms with Gasteiger partial charge < -0.3 is 10.6 Å². The Morgan fingerprint density at radius 3 is 2.50 bits per heavy atom. The number of alkyl halides is 3. The van der Waals surface area contributed by atoms with Crippen LogP contribution < -0.4 is 5.73 Å². The summed E-state index contributed by atoms with van der Waals surface area (Å²) in [5.74, 6) is -0.173. The lowest BCUT2D eigenvalue weighted by molar-refractivity contribution is -0.137. The molecular weight excluding hydrogens is 419 g/mol. The van der Waals surface area contributed by atoms with E-state index in [0.717, 1.165) is 25.0 Å². The number of likely N-dealkylation sites (N-methyl/N-ethyl adjacent to an activating group) is 1. The fraction of sp³-hybridized carbons (Fsp3) is 0.650. The lowest BCUT2D eigenvalue weighted by Gasteiger charge is -2.32. The topological polar surface area (TPSA) is 83.7 Å². The van der Waals surface area contributed by atoms with Crippen molar-refractivity contribution in [3.63, 3.8) is 0 Å². The molecule has 1 heterocycles. The molecule has 2 N–H and O–H groups in total. The number of hydrogen-bond acceptors (Lipinski definition) is 4.